The van der Waals surface area contributed by atoms with E-state index < -0.39 is 0 Å². The van der Waals surface area contributed by atoms with Gasteiger partial charge in [0.25, 0.3) is 0 Å². The van der Waals surface area contributed by atoms with Crippen molar-refractivity contribution in [1.82, 2.24) is 0 Å². The van der Waals surface area contributed by atoms with Crippen LogP contribution in [-0.2, 0) is 4.74 Å². The van der Waals surface area contributed by atoms with Crippen LogP contribution in [0.15, 0.2) is 36.4 Å². The molecule has 0 saturated carbocycles. The van der Waals surface area contributed by atoms with Crippen molar-refractivity contribution < 1.29 is 9.53 Å². The largest absolute Gasteiger partial charge is 0.465 e. The highest BCUT2D eigenvalue weighted by Gasteiger charge is 2.22. The molecule has 0 amide bonds. The Morgan fingerprint density at radius 1 is 1.14 bits per heavy atom. The molecule has 2 aromatic carbocycles. The van der Waals surface area contributed by atoms with E-state index in [4.69, 9.17) is 4.74 Å². The Balaban J connectivity index is 0.00000145. The van der Waals surface area contributed by atoms with Crippen LogP contribution in [-0.4, -0.2) is 32.2 Å². The fourth-order valence-electron chi connectivity index (χ4n) is 3.67. The molecule has 29 heavy (non-hydrogen) atoms. The van der Waals surface area contributed by atoms with Crippen LogP contribution in [0.1, 0.15) is 53.7 Å². The molecule has 0 bridgehead atoms. The summed E-state index contributed by atoms with van der Waals surface area (Å²) in [5, 5.41) is 12.9. The molecule has 1 fully saturated rings. The minimum absolute atomic E-state index is 0.307. The fourth-order valence-corrected chi connectivity index (χ4v) is 3.67. The van der Waals surface area contributed by atoms with Gasteiger partial charge in [-0.25, -0.2) is 4.79 Å². The third-order valence-corrected chi connectivity index (χ3v) is 5.20. The molecule has 0 aliphatic carbocycles. The van der Waals surface area contributed by atoms with Gasteiger partial charge in [0.2, 0.25) is 0 Å². The number of aryl methyl sites for hydroxylation is 2. The predicted molar refractivity (Wildman–Crippen MR) is 119 cm³/mol. The molecule has 1 aliphatic heterocycles. The highest BCUT2D eigenvalue weighted by atomic mass is 16.5. The minimum Gasteiger partial charge on any atom is -0.465 e. The maximum Gasteiger partial charge on any atom is 0.338 e. The SMILES string of the molecule is CC.COC(=O)c1cc(NC2CCN(c3ccccc3C#N)CC2)c(C)cc1C. The number of ether oxygens (including phenoxy) is 1. The number of para-hydroxylation sites is 1. The van der Waals surface area contributed by atoms with E-state index in [0.29, 0.717) is 11.6 Å². The number of methoxy groups -OCH3 is 1. The van der Waals surface area contributed by atoms with Crippen molar-refractivity contribution in [1.29, 1.82) is 5.26 Å². The number of rotatable bonds is 4. The van der Waals surface area contributed by atoms with Crippen LogP contribution >= 0.6 is 0 Å². The van der Waals surface area contributed by atoms with Gasteiger partial charge in [0.15, 0.2) is 0 Å². The number of nitriles is 1. The molecule has 2 aromatic rings. The third-order valence-electron chi connectivity index (χ3n) is 5.20. The van der Waals surface area contributed by atoms with E-state index in [1.54, 1.807) is 0 Å². The molecule has 5 nitrogen and oxygen atoms in total. The zero-order chi connectivity index (χ0) is 21.4. The minimum atomic E-state index is -0.307. The summed E-state index contributed by atoms with van der Waals surface area (Å²) in [6, 6.07) is 14.3. The highest BCUT2D eigenvalue weighted by molar-refractivity contribution is 5.92. The molecular formula is C24H31N3O2. The summed E-state index contributed by atoms with van der Waals surface area (Å²) in [7, 11) is 1.41. The van der Waals surface area contributed by atoms with E-state index in [1.165, 1.54) is 7.11 Å². The number of piperidine rings is 1. The highest BCUT2D eigenvalue weighted by Crippen LogP contribution is 2.27. The number of nitrogens with zero attached hydrogens (tertiary/aromatic N) is 2. The first-order valence-electron chi connectivity index (χ1n) is 10.2. The van der Waals surface area contributed by atoms with Crippen LogP contribution < -0.4 is 10.2 Å². The standard InChI is InChI=1S/C22H25N3O2.C2H6/c1-15-12-16(2)20(13-19(15)22(26)27-3)24-18-8-10-25(11-9-18)21-7-5-4-6-17(21)14-23;1-2/h4-7,12-13,18,24H,8-11H2,1-3H3;1-2H3. The van der Waals surface area contributed by atoms with E-state index in [9.17, 15) is 10.1 Å². The second kappa shape index (κ2) is 10.5. The van der Waals surface area contributed by atoms with Crippen LogP contribution in [0.3, 0.4) is 0 Å². The summed E-state index contributed by atoms with van der Waals surface area (Å²) < 4.78 is 4.89. The molecule has 1 N–H and O–H groups in total. The molecule has 0 aromatic heterocycles. The van der Waals surface area contributed by atoms with E-state index in [-0.39, 0.29) is 5.97 Å². The monoisotopic (exact) mass is 393 g/mol. The Labute approximate surface area is 174 Å². The smallest absolute Gasteiger partial charge is 0.338 e. The fraction of sp³-hybridized carbons (Fsp3) is 0.417. The van der Waals surface area contributed by atoms with Crippen LogP contribution in [0.5, 0.6) is 0 Å². The van der Waals surface area contributed by atoms with Crippen LogP contribution in [0, 0.1) is 25.2 Å². The second-order valence-electron chi connectivity index (χ2n) is 7.01. The third kappa shape index (κ3) is 5.29. The van der Waals surface area contributed by atoms with Crippen LogP contribution in [0.2, 0.25) is 0 Å². The van der Waals surface area contributed by atoms with Gasteiger partial charge in [-0.2, -0.15) is 5.26 Å². The van der Waals surface area contributed by atoms with Gasteiger partial charge in [-0.1, -0.05) is 32.0 Å². The second-order valence-corrected chi connectivity index (χ2v) is 7.01. The summed E-state index contributed by atoms with van der Waals surface area (Å²) >= 11 is 0. The molecule has 0 unspecified atom stereocenters. The molecule has 0 atom stereocenters. The lowest BCUT2D eigenvalue weighted by atomic mass is 10.00. The molecule has 0 radical (unpaired) electrons. The van der Waals surface area contributed by atoms with Crippen molar-refractivity contribution in [3.8, 4) is 6.07 Å². The summed E-state index contributed by atoms with van der Waals surface area (Å²) in [4.78, 5) is 14.2. The van der Waals surface area contributed by atoms with Gasteiger partial charge in [0, 0.05) is 24.8 Å². The Kier molecular flexibility index (Phi) is 8.09. The lowest BCUT2D eigenvalue weighted by molar-refractivity contribution is 0.0600. The van der Waals surface area contributed by atoms with E-state index in [0.717, 1.165) is 54.0 Å². The van der Waals surface area contributed by atoms with Crippen LogP contribution in [0.4, 0.5) is 11.4 Å². The first-order chi connectivity index (χ1) is 14.0. The molecular weight excluding hydrogens is 362 g/mol. The van der Waals surface area contributed by atoms with Gasteiger partial charge in [-0.3, -0.25) is 0 Å². The Morgan fingerprint density at radius 3 is 2.41 bits per heavy atom. The van der Waals surface area contributed by atoms with E-state index in [2.05, 4.69) is 23.2 Å². The molecule has 1 aliphatic rings. The summed E-state index contributed by atoms with van der Waals surface area (Å²) in [6.07, 6.45) is 1.95. The number of carbonyl (C=O) groups excluding carboxylic acids is 1. The number of hydrogen-bond donors (Lipinski definition) is 1. The van der Waals surface area contributed by atoms with Crippen molar-refractivity contribution in [3.63, 3.8) is 0 Å². The first-order valence-corrected chi connectivity index (χ1v) is 10.2. The van der Waals surface area contributed by atoms with Gasteiger partial charge in [0.1, 0.15) is 6.07 Å². The molecule has 154 valence electrons. The summed E-state index contributed by atoms with van der Waals surface area (Å²) in [5.41, 5.74) is 5.37. The van der Waals surface area contributed by atoms with Gasteiger partial charge < -0.3 is 15.0 Å². The predicted octanol–water partition coefficient (Wildman–Crippen LogP) is 5.07. The molecule has 5 heteroatoms. The summed E-state index contributed by atoms with van der Waals surface area (Å²) in [6.45, 7) is 9.76. The Morgan fingerprint density at radius 2 is 1.79 bits per heavy atom. The number of anilines is 2. The van der Waals surface area contributed by atoms with Crippen molar-refractivity contribution in [2.45, 2.75) is 46.6 Å². The summed E-state index contributed by atoms with van der Waals surface area (Å²) in [5.74, 6) is -0.307. The molecule has 1 heterocycles. The quantitative estimate of drug-likeness (QED) is 0.735. The lowest BCUT2D eigenvalue weighted by Gasteiger charge is -2.35. The van der Waals surface area contributed by atoms with E-state index >= 15 is 0 Å². The topological polar surface area (TPSA) is 65.4 Å². The molecule has 0 spiro atoms. The maximum atomic E-state index is 12.0. The number of hydrogen-bond acceptors (Lipinski definition) is 5. The zero-order valence-electron chi connectivity index (χ0n) is 18.1. The number of carbonyl (C=O) groups is 1. The van der Waals surface area contributed by atoms with Gasteiger partial charge in [0.05, 0.1) is 23.9 Å². The van der Waals surface area contributed by atoms with Crippen molar-refractivity contribution in [2.75, 3.05) is 30.4 Å². The van der Waals surface area contributed by atoms with Gasteiger partial charge in [-0.15, -0.1) is 0 Å². The van der Waals surface area contributed by atoms with Crippen LogP contribution in [0.25, 0.3) is 0 Å². The first kappa shape index (κ1) is 22.3. The zero-order valence-corrected chi connectivity index (χ0v) is 18.1. The average Bonchev–Trinajstić information content (AvgIpc) is 2.77. The maximum absolute atomic E-state index is 12.0. The van der Waals surface area contributed by atoms with E-state index in [1.807, 2.05) is 57.2 Å². The van der Waals surface area contributed by atoms with Gasteiger partial charge in [-0.05, 0) is 56.0 Å². The number of nitrogens with one attached hydrogen (secondary N) is 1. The lowest BCUT2D eigenvalue weighted by Crippen LogP contribution is -2.39. The average molecular weight is 394 g/mol. The van der Waals surface area contributed by atoms with Crippen molar-refractivity contribution >= 4 is 17.3 Å². The Bertz CT molecular complexity index is 878. The molecule has 3 rings (SSSR count). The van der Waals surface area contributed by atoms with Crippen molar-refractivity contribution in [2.24, 2.45) is 0 Å². The van der Waals surface area contributed by atoms with Gasteiger partial charge >= 0.3 is 5.97 Å². The van der Waals surface area contributed by atoms with Crippen molar-refractivity contribution in [3.05, 3.63) is 58.7 Å². The molecule has 1 saturated heterocycles. The normalized spacial score (nSPS) is 13.7. The number of benzene rings is 2. The Hall–Kier alpha value is -3.00. The number of esters is 1.